The second kappa shape index (κ2) is 7.04. The predicted molar refractivity (Wildman–Crippen MR) is 65.0 cm³/mol. The van der Waals surface area contributed by atoms with E-state index < -0.39 is 9.04 Å². The predicted octanol–water partition coefficient (Wildman–Crippen LogP) is 2.28. The monoisotopic (exact) mass is 228 g/mol. The average Bonchev–Trinajstić information content (AvgIpc) is 2.34. The fourth-order valence-electron chi connectivity index (χ4n) is 1.67. The zero-order valence-electron chi connectivity index (χ0n) is 8.58. The Morgan fingerprint density at radius 1 is 1.14 bits per heavy atom. The molecule has 0 N–H and O–H groups in total. The summed E-state index contributed by atoms with van der Waals surface area (Å²) in [5, 5.41) is 1.47. The van der Waals surface area contributed by atoms with Crippen LogP contribution < -0.4 is 5.19 Å². The first kappa shape index (κ1) is 11.8. The van der Waals surface area contributed by atoms with E-state index >= 15 is 0 Å². The Labute approximate surface area is 92.8 Å². The molecular weight excluding hydrogens is 212 g/mol. The smallest absolute Gasteiger partial charge is 0.208 e. The Kier molecular flexibility index (Phi) is 5.92. The summed E-state index contributed by atoms with van der Waals surface area (Å²) >= 11 is 4.64. The maximum absolute atomic E-state index is 5.80. The average molecular weight is 229 g/mol. The minimum absolute atomic E-state index is 0.984. The molecule has 1 heterocycles. The third kappa shape index (κ3) is 3.44. The molecule has 0 saturated carbocycles. The van der Waals surface area contributed by atoms with E-state index in [1.165, 1.54) is 30.5 Å². The first-order chi connectivity index (χ1) is 6.97. The highest BCUT2D eigenvalue weighted by Crippen LogP contribution is 2.10. The van der Waals surface area contributed by atoms with E-state index in [1.54, 1.807) is 0 Å². The van der Waals surface area contributed by atoms with Gasteiger partial charge in [-0.1, -0.05) is 36.8 Å². The summed E-state index contributed by atoms with van der Waals surface area (Å²) in [4.78, 5) is 0. The minimum atomic E-state index is -0.984. The van der Waals surface area contributed by atoms with Crippen molar-refractivity contribution >= 4 is 25.8 Å². The van der Waals surface area contributed by atoms with Crippen molar-refractivity contribution in [2.24, 2.45) is 0 Å². The Hall–Kier alpha value is -0.313. The van der Waals surface area contributed by atoms with Gasteiger partial charge in [-0.05, 0) is 17.7 Å². The molecule has 1 aliphatic heterocycles. The Bertz CT molecular complexity index is 234. The number of hydrogen-bond donors (Lipinski definition) is 0. The van der Waals surface area contributed by atoms with E-state index in [4.69, 9.17) is 4.43 Å². The number of hydrogen-bond acceptors (Lipinski definition) is 1. The zero-order valence-corrected chi connectivity index (χ0v) is 10.5. The molecule has 1 atom stereocenters. The Morgan fingerprint density at radius 2 is 1.86 bits per heavy atom. The molecule has 14 heavy (non-hydrogen) atoms. The maximum Gasteiger partial charge on any atom is 0.208 e. The number of benzene rings is 1. The van der Waals surface area contributed by atoms with Crippen molar-refractivity contribution in [3.8, 4) is 0 Å². The second-order valence-electron chi connectivity index (χ2n) is 3.27. The van der Waals surface area contributed by atoms with Crippen LogP contribution in [0.2, 0.25) is 6.04 Å². The van der Waals surface area contributed by atoms with Crippen molar-refractivity contribution < 1.29 is 4.43 Å². The van der Waals surface area contributed by atoms with E-state index in [1.807, 2.05) is 0 Å². The topological polar surface area (TPSA) is 9.23 Å². The molecule has 0 aromatic heterocycles. The van der Waals surface area contributed by atoms with Gasteiger partial charge in [-0.15, -0.1) is 11.6 Å². The summed E-state index contributed by atoms with van der Waals surface area (Å²) in [5.74, 6) is 0. The third-order valence-corrected chi connectivity index (χ3v) is 5.05. The molecule has 78 valence electrons. The molecule has 0 spiro atoms. The normalized spacial score (nSPS) is 20.9. The van der Waals surface area contributed by atoms with Crippen molar-refractivity contribution in [3.05, 3.63) is 30.3 Å². The fourth-order valence-corrected chi connectivity index (χ4v) is 4.13. The van der Waals surface area contributed by atoms with Gasteiger partial charge in [0, 0.05) is 13.0 Å². The number of alkyl halides is 1. The standard InChI is InChI=1S/C10H14OSi.CH3Cl/c1-2-6-10(7-3-1)12-9-5-4-8-11-12;1-2/h1-3,6-7,12H,4-5,8-9H2;1H3. The van der Waals surface area contributed by atoms with Crippen LogP contribution in [0.25, 0.3) is 0 Å². The van der Waals surface area contributed by atoms with Crippen LogP contribution in [0.3, 0.4) is 0 Å². The van der Waals surface area contributed by atoms with Gasteiger partial charge in [-0.25, -0.2) is 0 Å². The van der Waals surface area contributed by atoms with Crippen LogP contribution in [0.1, 0.15) is 12.8 Å². The van der Waals surface area contributed by atoms with Crippen LogP contribution in [-0.2, 0) is 4.43 Å². The molecule has 0 aliphatic carbocycles. The molecular formula is C11H17ClOSi. The maximum atomic E-state index is 5.80. The molecule has 1 unspecified atom stereocenters. The van der Waals surface area contributed by atoms with E-state index in [9.17, 15) is 0 Å². The highest BCUT2D eigenvalue weighted by Gasteiger charge is 2.17. The fraction of sp³-hybridized carbons (Fsp3) is 0.455. The lowest BCUT2D eigenvalue weighted by atomic mass is 10.3. The van der Waals surface area contributed by atoms with Crippen molar-refractivity contribution in [1.82, 2.24) is 0 Å². The van der Waals surface area contributed by atoms with Crippen molar-refractivity contribution in [2.45, 2.75) is 18.9 Å². The lowest BCUT2D eigenvalue weighted by Gasteiger charge is -2.21. The van der Waals surface area contributed by atoms with Crippen molar-refractivity contribution in [1.29, 1.82) is 0 Å². The van der Waals surface area contributed by atoms with Crippen LogP contribution in [0.4, 0.5) is 0 Å². The van der Waals surface area contributed by atoms with Crippen LogP contribution in [0, 0.1) is 0 Å². The van der Waals surface area contributed by atoms with Crippen molar-refractivity contribution in [2.75, 3.05) is 13.0 Å². The first-order valence-corrected chi connectivity index (χ1v) is 7.63. The molecule has 3 heteroatoms. The Morgan fingerprint density at radius 3 is 2.43 bits per heavy atom. The Balaban J connectivity index is 0.000000461. The molecule has 2 rings (SSSR count). The number of rotatable bonds is 1. The molecule has 1 aromatic rings. The molecule has 1 saturated heterocycles. The highest BCUT2D eigenvalue weighted by molar-refractivity contribution is 6.67. The largest absolute Gasteiger partial charge is 0.415 e. The van der Waals surface area contributed by atoms with Gasteiger partial charge < -0.3 is 4.43 Å². The van der Waals surface area contributed by atoms with Gasteiger partial charge in [0.05, 0.1) is 0 Å². The summed E-state index contributed by atoms with van der Waals surface area (Å²) in [5.41, 5.74) is 0. The summed E-state index contributed by atoms with van der Waals surface area (Å²) in [6.07, 6.45) is 4.10. The van der Waals surface area contributed by atoms with Gasteiger partial charge in [0.1, 0.15) is 0 Å². The summed E-state index contributed by atoms with van der Waals surface area (Å²) in [7, 11) is -0.984. The summed E-state index contributed by atoms with van der Waals surface area (Å²) in [6, 6.07) is 12.0. The van der Waals surface area contributed by atoms with Crippen LogP contribution in [0.15, 0.2) is 30.3 Å². The molecule has 1 aromatic carbocycles. The van der Waals surface area contributed by atoms with Crippen LogP contribution >= 0.6 is 11.6 Å². The first-order valence-electron chi connectivity index (χ1n) is 5.01. The highest BCUT2D eigenvalue weighted by atomic mass is 35.5. The lowest BCUT2D eigenvalue weighted by Crippen LogP contribution is -2.36. The SMILES string of the molecule is CCl.c1ccc([SiH]2CCCCO2)cc1. The second-order valence-corrected chi connectivity index (χ2v) is 5.82. The summed E-state index contributed by atoms with van der Waals surface area (Å²) in [6.45, 7) is 0.992. The van der Waals surface area contributed by atoms with Gasteiger partial charge in [-0.3, -0.25) is 0 Å². The molecule has 1 aliphatic rings. The van der Waals surface area contributed by atoms with E-state index in [2.05, 4.69) is 41.9 Å². The van der Waals surface area contributed by atoms with E-state index in [0.717, 1.165) is 6.61 Å². The van der Waals surface area contributed by atoms with Gasteiger partial charge in [-0.2, -0.15) is 0 Å². The quantitative estimate of drug-likeness (QED) is 0.530. The number of halogens is 1. The third-order valence-electron chi connectivity index (χ3n) is 2.35. The summed E-state index contributed by atoms with van der Waals surface area (Å²) < 4.78 is 5.80. The van der Waals surface area contributed by atoms with Gasteiger partial charge >= 0.3 is 0 Å². The van der Waals surface area contributed by atoms with Gasteiger partial charge in [0.15, 0.2) is 0 Å². The molecule has 1 nitrogen and oxygen atoms in total. The lowest BCUT2D eigenvalue weighted by molar-refractivity contribution is 0.294. The van der Waals surface area contributed by atoms with Gasteiger partial charge in [0.25, 0.3) is 0 Å². The van der Waals surface area contributed by atoms with Crippen LogP contribution in [0.5, 0.6) is 0 Å². The van der Waals surface area contributed by atoms with E-state index in [0.29, 0.717) is 0 Å². The van der Waals surface area contributed by atoms with Crippen LogP contribution in [-0.4, -0.2) is 22.0 Å². The molecule has 0 radical (unpaired) electrons. The van der Waals surface area contributed by atoms with Crippen molar-refractivity contribution in [3.63, 3.8) is 0 Å². The van der Waals surface area contributed by atoms with Gasteiger partial charge in [0.2, 0.25) is 9.04 Å². The molecule has 0 amide bonds. The molecule has 0 bridgehead atoms. The minimum Gasteiger partial charge on any atom is -0.415 e. The van der Waals surface area contributed by atoms with E-state index in [-0.39, 0.29) is 0 Å². The molecule has 1 fully saturated rings. The zero-order chi connectivity index (χ0) is 10.2.